The van der Waals surface area contributed by atoms with Gasteiger partial charge in [-0.25, -0.2) is 9.59 Å². The molecule has 10 heavy (non-hydrogen) atoms. The number of hydrogen-bond donors (Lipinski definition) is 1. The highest BCUT2D eigenvalue weighted by atomic mass is 16.6. The predicted molar refractivity (Wildman–Crippen MR) is 36.5 cm³/mol. The second-order valence-electron chi connectivity index (χ2n) is 1.15. The van der Waals surface area contributed by atoms with E-state index in [0.717, 1.165) is 12.2 Å². The Hall–Kier alpha value is -1.42. The monoisotopic (exact) mass is 143 g/mol. The fourth-order valence-electron chi connectivity index (χ4n) is 0.182. The van der Waals surface area contributed by atoms with Crippen molar-refractivity contribution in [3.8, 4) is 0 Å². The highest BCUT2D eigenvalue weighted by Crippen LogP contribution is 1.80. The van der Waals surface area contributed by atoms with Crippen molar-refractivity contribution in [2.24, 2.45) is 0 Å². The molecule has 56 valence electrons. The molecule has 3 N–H and O–H groups in total. The van der Waals surface area contributed by atoms with E-state index < -0.39 is 11.9 Å². The van der Waals surface area contributed by atoms with E-state index in [1.165, 1.54) is 0 Å². The first-order valence-corrected chi connectivity index (χ1v) is 2.21. The zero-order valence-electron chi connectivity index (χ0n) is 5.50. The van der Waals surface area contributed by atoms with Crippen molar-refractivity contribution in [3.63, 3.8) is 0 Å². The summed E-state index contributed by atoms with van der Waals surface area (Å²) in [6.07, 6.45) is 1.81. The molecule has 0 aromatic heterocycles. The molecule has 0 rings (SSSR count). The fraction of sp³-hybridized carbons (Fsp3) is 0. The first-order chi connectivity index (χ1) is 4.20. The molecule has 0 spiro atoms. The third kappa shape index (κ3) is 4.73. The molecule has 0 aromatic carbocycles. The zero-order chi connectivity index (χ0) is 7.28. The van der Waals surface area contributed by atoms with Crippen LogP contribution in [0.3, 0.4) is 0 Å². The number of carbonyl (C=O) groups is 2. The molecule has 0 atom stereocenters. The third-order valence-corrected chi connectivity index (χ3v) is 0.535. The molecule has 0 aliphatic carbocycles. The van der Waals surface area contributed by atoms with Gasteiger partial charge in [0.25, 0.3) is 0 Å². The van der Waals surface area contributed by atoms with Gasteiger partial charge >= 0.3 is 11.9 Å². The van der Waals surface area contributed by atoms with E-state index in [4.69, 9.17) is 0 Å². The smallest absolute Gasteiger partial charge is 0.338 e. The molecule has 0 aliphatic heterocycles. The lowest BCUT2D eigenvalue weighted by Crippen LogP contribution is -2.05. The van der Waals surface area contributed by atoms with Gasteiger partial charge in [0, 0.05) is 12.2 Å². The average molecular weight is 143 g/mol. The summed E-state index contributed by atoms with van der Waals surface area (Å²) in [7, 11) is 0. The van der Waals surface area contributed by atoms with Crippen LogP contribution in [0.2, 0.25) is 0 Å². The lowest BCUT2D eigenvalue weighted by molar-refractivity contribution is -0.152. The van der Waals surface area contributed by atoms with Crippen LogP contribution in [-0.2, 0) is 14.3 Å². The zero-order valence-corrected chi connectivity index (χ0v) is 5.50. The highest BCUT2D eigenvalue weighted by Gasteiger charge is 1.99. The molecule has 0 radical (unpaired) electrons. The van der Waals surface area contributed by atoms with Gasteiger partial charge in [0.2, 0.25) is 0 Å². The molecule has 0 heterocycles. The van der Waals surface area contributed by atoms with Crippen LogP contribution >= 0.6 is 0 Å². The molecule has 0 saturated heterocycles. The molecule has 0 aromatic rings. The number of rotatable bonds is 2. The number of esters is 2. The van der Waals surface area contributed by atoms with Crippen LogP contribution in [-0.4, -0.2) is 11.9 Å². The summed E-state index contributed by atoms with van der Waals surface area (Å²) < 4.78 is 4.03. The Morgan fingerprint density at radius 2 is 1.40 bits per heavy atom. The molecule has 0 unspecified atom stereocenters. The normalized spacial score (nSPS) is 6.80. The first kappa shape index (κ1) is 11.4. The molecule has 4 heteroatoms. The number of carbonyl (C=O) groups excluding carboxylic acids is 2. The topological polar surface area (TPSA) is 78.4 Å². The summed E-state index contributed by atoms with van der Waals surface area (Å²) in [4.78, 5) is 20.3. The van der Waals surface area contributed by atoms with Gasteiger partial charge in [0.1, 0.15) is 0 Å². The molecule has 0 saturated carbocycles. The molecule has 0 fully saturated rings. The van der Waals surface area contributed by atoms with Gasteiger partial charge in [-0.05, 0) is 0 Å². The van der Waals surface area contributed by atoms with Crippen molar-refractivity contribution in [3.05, 3.63) is 25.3 Å². The van der Waals surface area contributed by atoms with Gasteiger partial charge in [-0.1, -0.05) is 13.2 Å². The molecule has 4 nitrogen and oxygen atoms in total. The molecular weight excluding hydrogens is 134 g/mol. The predicted octanol–water partition coefficient (Wildman–Crippen LogP) is 0.590. The van der Waals surface area contributed by atoms with Crippen LogP contribution in [0.1, 0.15) is 0 Å². The second kappa shape index (κ2) is 5.71. The number of hydrogen-bond acceptors (Lipinski definition) is 4. The maximum absolute atomic E-state index is 10.2. The van der Waals surface area contributed by atoms with Crippen LogP contribution in [0.25, 0.3) is 0 Å². The molecular formula is C6H9NO3. The summed E-state index contributed by atoms with van der Waals surface area (Å²) >= 11 is 0. The Morgan fingerprint density at radius 1 is 1.10 bits per heavy atom. The van der Waals surface area contributed by atoms with Crippen LogP contribution in [0.5, 0.6) is 0 Å². The van der Waals surface area contributed by atoms with Gasteiger partial charge in [0.15, 0.2) is 0 Å². The average Bonchev–Trinajstić information content (AvgIpc) is 1.87. The highest BCUT2D eigenvalue weighted by molar-refractivity contribution is 5.95. The van der Waals surface area contributed by atoms with Crippen molar-refractivity contribution in [2.75, 3.05) is 0 Å². The van der Waals surface area contributed by atoms with Crippen molar-refractivity contribution in [1.82, 2.24) is 6.15 Å². The van der Waals surface area contributed by atoms with E-state index in [2.05, 4.69) is 17.9 Å². The lowest BCUT2D eigenvalue weighted by atomic mass is 10.6. The van der Waals surface area contributed by atoms with Gasteiger partial charge in [-0.2, -0.15) is 0 Å². The summed E-state index contributed by atoms with van der Waals surface area (Å²) in [5.41, 5.74) is 0. The van der Waals surface area contributed by atoms with E-state index in [1.54, 1.807) is 0 Å². The maximum atomic E-state index is 10.2. The van der Waals surface area contributed by atoms with Crippen molar-refractivity contribution < 1.29 is 14.3 Å². The fourth-order valence-corrected chi connectivity index (χ4v) is 0.182. The van der Waals surface area contributed by atoms with Crippen LogP contribution in [0, 0.1) is 0 Å². The van der Waals surface area contributed by atoms with E-state index in [-0.39, 0.29) is 6.15 Å². The standard InChI is InChI=1S/C6H6O3.H3N/c1-3-5(7)9-6(8)4-2;/h3-4H,1-2H2;1H3. The summed E-state index contributed by atoms with van der Waals surface area (Å²) in [5.74, 6) is -1.53. The first-order valence-electron chi connectivity index (χ1n) is 2.21. The Morgan fingerprint density at radius 3 is 1.60 bits per heavy atom. The molecule has 0 amide bonds. The van der Waals surface area contributed by atoms with Gasteiger partial charge in [-0.15, -0.1) is 0 Å². The lowest BCUT2D eigenvalue weighted by Gasteiger charge is -1.90. The summed E-state index contributed by atoms with van der Waals surface area (Å²) in [6, 6.07) is 0. The van der Waals surface area contributed by atoms with Crippen LogP contribution in [0.15, 0.2) is 25.3 Å². The Bertz CT molecular complexity index is 144. The van der Waals surface area contributed by atoms with Crippen LogP contribution < -0.4 is 6.15 Å². The van der Waals surface area contributed by atoms with E-state index in [9.17, 15) is 9.59 Å². The molecule has 0 bridgehead atoms. The SMILES string of the molecule is C=CC(=O)OC(=O)C=C.N. The van der Waals surface area contributed by atoms with Crippen molar-refractivity contribution >= 4 is 11.9 Å². The Balaban J connectivity index is 0. The molecule has 0 aliphatic rings. The van der Waals surface area contributed by atoms with Crippen molar-refractivity contribution in [2.45, 2.75) is 0 Å². The minimum absolute atomic E-state index is 0. The van der Waals surface area contributed by atoms with E-state index >= 15 is 0 Å². The summed E-state index contributed by atoms with van der Waals surface area (Å²) in [6.45, 7) is 6.17. The van der Waals surface area contributed by atoms with E-state index in [0.29, 0.717) is 0 Å². The quantitative estimate of drug-likeness (QED) is 0.348. The second-order valence-corrected chi connectivity index (χ2v) is 1.15. The van der Waals surface area contributed by atoms with E-state index in [1.807, 2.05) is 0 Å². The third-order valence-electron chi connectivity index (χ3n) is 0.535. The maximum Gasteiger partial charge on any atom is 0.338 e. The van der Waals surface area contributed by atoms with Gasteiger partial charge in [-0.3, -0.25) is 0 Å². The Labute approximate surface area is 58.8 Å². The summed E-state index contributed by atoms with van der Waals surface area (Å²) in [5, 5.41) is 0. The minimum atomic E-state index is -0.764. The van der Waals surface area contributed by atoms with Gasteiger partial charge < -0.3 is 10.9 Å². The Kier molecular flexibility index (Phi) is 6.50. The van der Waals surface area contributed by atoms with Crippen LogP contribution in [0.4, 0.5) is 0 Å². The van der Waals surface area contributed by atoms with Crippen molar-refractivity contribution in [1.29, 1.82) is 0 Å². The van der Waals surface area contributed by atoms with Gasteiger partial charge in [0.05, 0.1) is 0 Å². The largest absolute Gasteiger partial charge is 0.387 e. The number of ether oxygens (including phenoxy) is 1. The minimum Gasteiger partial charge on any atom is -0.387 e.